The van der Waals surface area contributed by atoms with Crippen molar-refractivity contribution in [3.63, 3.8) is 0 Å². The van der Waals surface area contributed by atoms with Crippen LogP contribution in [0.4, 0.5) is 0 Å². The smallest absolute Gasteiger partial charge is 0.0670 e. The fourth-order valence-electron chi connectivity index (χ4n) is 2.29. The van der Waals surface area contributed by atoms with E-state index in [1.807, 2.05) is 31.2 Å². The summed E-state index contributed by atoms with van der Waals surface area (Å²) >= 11 is 0. The molecule has 0 heterocycles. The first-order chi connectivity index (χ1) is 8.69. The fourth-order valence-corrected chi connectivity index (χ4v) is 2.29. The Labute approximate surface area is 111 Å². The molecular weight excluding hydrogens is 222 g/mol. The summed E-state index contributed by atoms with van der Waals surface area (Å²) in [5, 5.41) is 13.4. The number of aliphatic hydroxyl groups is 1. The largest absolute Gasteiger partial charge is 0.392 e. The Morgan fingerprint density at radius 3 is 2.50 bits per heavy atom. The van der Waals surface area contributed by atoms with Crippen LogP contribution >= 0.6 is 0 Å². The summed E-state index contributed by atoms with van der Waals surface area (Å²) in [5.74, 6) is 0.318. The van der Waals surface area contributed by atoms with E-state index in [9.17, 15) is 5.11 Å². The lowest BCUT2D eigenvalue weighted by atomic mass is 9.91. The molecule has 2 heteroatoms. The third kappa shape index (κ3) is 4.63. The van der Waals surface area contributed by atoms with E-state index in [1.54, 1.807) is 0 Å². The monoisotopic (exact) mass is 247 g/mol. The van der Waals surface area contributed by atoms with E-state index in [2.05, 4.69) is 31.0 Å². The Kier molecular flexibility index (Phi) is 6.69. The lowest BCUT2D eigenvalue weighted by molar-refractivity contribution is 0.120. The molecule has 0 fully saturated rings. The molecule has 0 aliphatic heterocycles. The van der Waals surface area contributed by atoms with Crippen molar-refractivity contribution in [2.45, 2.75) is 45.4 Å². The second kappa shape index (κ2) is 8.06. The highest BCUT2D eigenvalue weighted by molar-refractivity contribution is 5.14. The second-order valence-corrected chi connectivity index (χ2v) is 4.82. The highest BCUT2D eigenvalue weighted by Gasteiger charge is 2.22. The topological polar surface area (TPSA) is 32.3 Å². The van der Waals surface area contributed by atoms with Crippen molar-refractivity contribution in [1.29, 1.82) is 0 Å². The number of hydrogen-bond donors (Lipinski definition) is 2. The first-order valence-electron chi connectivity index (χ1n) is 6.77. The Bertz CT molecular complexity index is 334. The highest BCUT2D eigenvalue weighted by Crippen LogP contribution is 2.16. The van der Waals surface area contributed by atoms with Crippen LogP contribution in [0.25, 0.3) is 0 Å². The van der Waals surface area contributed by atoms with Crippen LogP contribution < -0.4 is 5.32 Å². The van der Waals surface area contributed by atoms with Gasteiger partial charge in [-0.15, -0.1) is 6.58 Å². The number of rotatable bonds is 8. The van der Waals surface area contributed by atoms with Gasteiger partial charge in [0.15, 0.2) is 0 Å². The first kappa shape index (κ1) is 14.9. The Balaban J connectivity index is 2.60. The zero-order valence-corrected chi connectivity index (χ0v) is 11.5. The van der Waals surface area contributed by atoms with Crippen molar-refractivity contribution in [3.05, 3.63) is 48.6 Å². The van der Waals surface area contributed by atoms with E-state index in [4.69, 9.17) is 0 Å². The van der Waals surface area contributed by atoms with Gasteiger partial charge in [-0.3, -0.25) is 0 Å². The molecule has 0 radical (unpaired) electrons. The van der Waals surface area contributed by atoms with Crippen LogP contribution in [0.2, 0.25) is 0 Å². The standard InChI is InChI=1S/C16H25NO/c1-4-9-15(5-2)16(13(3)18)17-12-14-10-7-6-8-11-14/h5-8,10-11,13,15-18H,2,4,9,12H2,1,3H3/t13-,15-,16-/m1/s1. The Morgan fingerprint density at radius 1 is 1.33 bits per heavy atom. The molecule has 0 spiro atoms. The van der Waals surface area contributed by atoms with Gasteiger partial charge in [-0.1, -0.05) is 49.8 Å². The molecule has 0 saturated carbocycles. The van der Waals surface area contributed by atoms with Crippen LogP contribution in [0.3, 0.4) is 0 Å². The maximum atomic E-state index is 9.91. The summed E-state index contributed by atoms with van der Waals surface area (Å²) in [4.78, 5) is 0. The van der Waals surface area contributed by atoms with Gasteiger partial charge in [0.2, 0.25) is 0 Å². The molecule has 1 aromatic carbocycles. The molecule has 18 heavy (non-hydrogen) atoms. The van der Waals surface area contributed by atoms with Gasteiger partial charge < -0.3 is 10.4 Å². The number of aliphatic hydroxyl groups excluding tert-OH is 1. The second-order valence-electron chi connectivity index (χ2n) is 4.82. The van der Waals surface area contributed by atoms with Crippen molar-refractivity contribution in [2.24, 2.45) is 5.92 Å². The molecule has 2 nitrogen and oxygen atoms in total. The third-order valence-corrected chi connectivity index (χ3v) is 3.29. The summed E-state index contributed by atoms with van der Waals surface area (Å²) in [6, 6.07) is 10.3. The first-order valence-corrected chi connectivity index (χ1v) is 6.77. The van der Waals surface area contributed by atoms with Gasteiger partial charge >= 0.3 is 0 Å². The van der Waals surface area contributed by atoms with Gasteiger partial charge in [-0.05, 0) is 24.8 Å². The van der Waals surface area contributed by atoms with Crippen LogP contribution in [0, 0.1) is 5.92 Å². The molecule has 2 N–H and O–H groups in total. The van der Waals surface area contributed by atoms with Gasteiger partial charge in [0.25, 0.3) is 0 Å². The molecular formula is C16H25NO. The molecule has 0 saturated heterocycles. The maximum absolute atomic E-state index is 9.91. The van der Waals surface area contributed by atoms with Crippen LogP contribution in [0.5, 0.6) is 0 Å². The molecule has 100 valence electrons. The minimum absolute atomic E-state index is 0.0719. The average molecular weight is 247 g/mol. The van der Waals surface area contributed by atoms with E-state index in [0.29, 0.717) is 5.92 Å². The average Bonchev–Trinajstić information content (AvgIpc) is 2.38. The van der Waals surface area contributed by atoms with Gasteiger partial charge in [0.05, 0.1) is 6.10 Å². The van der Waals surface area contributed by atoms with E-state index >= 15 is 0 Å². The van der Waals surface area contributed by atoms with E-state index in [0.717, 1.165) is 19.4 Å². The maximum Gasteiger partial charge on any atom is 0.0670 e. The SMILES string of the molecule is C=C[C@H](CCC)[C@H](NCc1ccccc1)[C@@H](C)O. The van der Waals surface area contributed by atoms with Crippen LogP contribution in [-0.2, 0) is 6.54 Å². The minimum Gasteiger partial charge on any atom is -0.392 e. The van der Waals surface area contributed by atoms with Crippen LogP contribution in [-0.4, -0.2) is 17.3 Å². The predicted octanol–water partition coefficient (Wildman–Crippen LogP) is 3.13. The summed E-state index contributed by atoms with van der Waals surface area (Å²) in [6.45, 7) is 8.67. The molecule has 0 aromatic heterocycles. The normalized spacial score (nSPS) is 15.9. The molecule has 1 rings (SSSR count). The zero-order valence-electron chi connectivity index (χ0n) is 11.5. The Hall–Kier alpha value is -1.12. The summed E-state index contributed by atoms with van der Waals surface area (Å²) in [7, 11) is 0. The minimum atomic E-state index is -0.372. The highest BCUT2D eigenvalue weighted by atomic mass is 16.3. The van der Waals surface area contributed by atoms with Crippen LogP contribution in [0.15, 0.2) is 43.0 Å². The fraction of sp³-hybridized carbons (Fsp3) is 0.500. The molecule has 3 atom stereocenters. The Morgan fingerprint density at radius 2 is 2.00 bits per heavy atom. The molecule has 1 aromatic rings. The van der Waals surface area contributed by atoms with Crippen molar-refractivity contribution in [3.8, 4) is 0 Å². The van der Waals surface area contributed by atoms with Crippen molar-refractivity contribution < 1.29 is 5.11 Å². The molecule has 0 bridgehead atoms. The molecule has 0 amide bonds. The van der Waals surface area contributed by atoms with Crippen LogP contribution in [0.1, 0.15) is 32.3 Å². The van der Waals surface area contributed by atoms with Gasteiger partial charge in [0, 0.05) is 12.6 Å². The predicted molar refractivity (Wildman–Crippen MR) is 77.3 cm³/mol. The zero-order chi connectivity index (χ0) is 13.4. The number of hydrogen-bond acceptors (Lipinski definition) is 2. The van der Waals surface area contributed by atoms with E-state index in [-0.39, 0.29) is 12.1 Å². The summed E-state index contributed by atoms with van der Waals surface area (Å²) < 4.78 is 0. The van der Waals surface area contributed by atoms with E-state index < -0.39 is 0 Å². The van der Waals surface area contributed by atoms with Gasteiger partial charge in [-0.25, -0.2) is 0 Å². The number of benzene rings is 1. The van der Waals surface area contributed by atoms with Gasteiger partial charge in [0.1, 0.15) is 0 Å². The van der Waals surface area contributed by atoms with Gasteiger partial charge in [-0.2, -0.15) is 0 Å². The van der Waals surface area contributed by atoms with Crippen molar-refractivity contribution >= 4 is 0 Å². The van der Waals surface area contributed by atoms with Crippen molar-refractivity contribution in [2.75, 3.05) is 0 Å². The lowest BCUT2D eigenvalue weighted by Crippen LogP contribution is -2.43. The van der Waals surface area contributed by atoms with Crippen molar-refractivity contribution in [1.82, 2.24) is 5.32 Å². The van der Waals surface area contributed by atoms with E-state index in [1.165, 1.54) is 5.56 Å². The summed E-state index contributed by atoms with van der Waals surface area (Å²) in [5.41, 5.74) is 1.24. The lowest BCUT2D eigenvalue weighted by Gasteiger charge is -2.28. The molecule has 0 aliphatic rings. The molecule has 0 aliphatic carbocycles. The summed E-state index contributed by atoms with van der Waals surface area (Å²) in [6.07, 6.45) is 3.75. The quantitative estimate of drug-likeness (QED) is 0.692. The third-order valence-electron chi connectivity index (χ3n) is 3.29. The molecule has 0 unspecified atom stereocenters. The number of nitrogens with one attached hydrogen (secondary N) is 1.